The molecule has 0 spiro atoms. The molecule has 3 heterocycles. The van der Waals surface area contributed by atoms with Crippen LogP contribution in [0, 0.1) is 0 Å². The van der Waals surface area contributed by atoms with Crippen molar-refractivity contribution in [2.45, 2.75) is 0 Å². The third kappa shape index (κ3) is 1.52. The van der Waals surface area contributed by atoms with E-state index in [9.17, 15) is 0 Å². The van der Waals surface area contributed by atoms with Crippen LogP contribution >= 0.6 is 0 Å². The third-order valence-electron chi connectivity index (χ3n) is 2.44. The number of anilines is 1. The van der Waals surface area contributed by atoms with Crippen molar-refractivity contribution >= 4 is 11.7 Å². The molecule has 15 heavy (non-hydrogen) atoms. The van der Waals surface area contributed by atoms with Crippen molar-refractivity contribution < 1.29 is 4.74 Å². The number of aromatic nitrogens is 4. The standard InChI is InChI=1S/C9H11N5O/c1-2-14-7-11-9(12-8(14)10-1)13-3-5-15-6-4-13/h1-2,7H,3-6H2. The van der Waals surface area contributed by atoms with Gasteiger partial charge >= 0.3 is 0 Å². The van der Waals surface area contributed by atoms with Gasteiger partial charge in [-0.1, -0.05) is 0 Å². The minimum absolute atomic E-state index is 0.687. The number of morpholine rings is 1. The van der Waals surface area contributed by atoms with Gasteiger partial charge in [0.2, 0.25) is 11.7 Å². The van der Waals surface area contributed by atoms with Gasteiger partial charge in [0, 0.05) is 25.5 Å². The van der Waals surface area contributed by atoms with E-state index in [1.165, 1.54) is 0 Å². The average molecular weight is 205 g/mol. The van der Waals surface area contributed by atoms with Crippen molar-refractivity contribution in [2.75, 3.05) is 31.2 Å². The maximum absolute atomic E-state index is 5.28. The SMILES string of the molecule is c1cn2cnc(N3CCOCC3)nc2n1. The van der Waals surface area contributed by atoms with Crippen molar-refractivity contribution in [2.24, 2.45) is 0 Å². The molecule has 0 aromatic carbocycles. The Morgan fingerprint density at radius 1 is 1.20 bits per heavy atom. The number of imidazole rings is 1. The molecule has 0 aliphatic carbocycles. The fourth-order valence-corrected chi connectivity index (χ4v) is 1.63. The zero-order valence-electron chi connectivity index (χ0n) is 8.20. The quantitative estimate of drug-likeness (QED) is 0.654. The molecule has 6 heteroatoms. The lowest BCUT2D eigenvalue weighted by Crippen LogP contribution is -2.37. The summed E-state index contributed by atoms with van der Waals surface area (Å²) in [4.78, 5) is 14.9. The Kier molecular flexibility index (Phi) is 1.99. The summed E-state index contributed by atoms with van der Waals surface area (Å²) >= 11 is 0. The monoisotopic (exact) mass is 205 g/mol. The molecule has 1 aliphatic rings. The van der Waals surface area contributed by atoms with E-state index in [0.29, 0.717) is 5.78 Å². The summed E-state index contributed by atoms with van der Waals surface area (Å²) < 4.78 is 7.07. The predicted molar refractivity (Wildman–Crippen MR) is 53.8 cm³/mol. The lowest BCUT2D eigenvalue weighted by molar-refractivity contribution is 0.122. The molecule has 1 fully saturated rings. The topological polar surface area (TPSA) is 55.5 Å². The molecule has 3 rings (SSSR count). The maximum Gasteiger partial charge on any atom is 0.238 e. The number of rotatable bonds is 1. The molecular weight excluding hydrogens is 194 g/mol. The molecule has 0 N–H and O–H groups in total. The summed E-state index contributed by atoms with van der Waals surface area (Å²) in [6.07, 6.45) is 5.28. The summed E-state index contributed by atoms with van der Waals surface area (Å²) in [5.41, 5.74) is 0. The number of ether oxygens (including phenoxy) is 1. The van der Waals surface area contributed by atoms with Crippen LogP contribution in [0.25, 0.3) is 5.78 Å². The number of fused-ring (bicyclic) bond motifs is 1. The van der Waals surface area contributed by atoms with Gasteiger partial charge in [0.25, 0.3) is 0 Å². The summed E-state index contributed by atoms with van der Waals surface area (Å²) in [6.45, 7) is 3.17. The van der Waals surface area contributed by atoms with Crippen LogP contribution in [-0.2, 0) is 4.74 Å². The molecule has 0 saturated carbocycles. The second-order valence-corrected chi connectivity index (χ2v) is 3.39. The van der Waals surface area contributed by atoms with Gasteiger partial charge in [-0.05, 0) is 0 Å². The molecule has 78 valence electrons. The lowest BCUT2D eigenvalue weighted by atomic mass is 10.4. The number of hydrogen-bond acceptors (Lipinski definition) is 5. The Morgan fingerprint density at radius 2 is 2.07 bits per heavy atom. The van der Waals surface area contributed by atoms with Gasteiger partial charge in [-0.2, -0.15) is 4.98 Å². The van der Waals surface area contributed by atoms with Crippen LogP contribution in [-0.4, -0.2) is 45.7 Å². The van der Waals surface area contributed by atoms with E-state index in [1.807, 2.05) is 6.20 Å². The average Bonchev–Trinajstić information content (AvgIpc) is 2.77. The van der Waals surface area contributed by atoms with Crippen LogP contribution in [0.2, 0.25) is 0 Å². The second kappa shape index (κ2) is 3.47. The molecule has 0 amide bonds. The number of hydrogen-bond donors (Lipinski definition) is 0. The van der Waals surface area contributed by atoms with Gasteiger partial charge in [0.1, 0.15) is 6.33 Å². The Bertz CT molecular complexity index is 462. The fraction of sp³-hybridized carbons (Fsp3) is 0.444. The van der Waals surface area contributed by atoms with Gasteiger partial charge in [0.05, 0.1) is 13.2 Å². The summed E-state index contributed by atoms with van der Waals surface area (Å²) in [7, 11) is 0. The van der Waals surface area contributed by atoms with Gasteiger partial charge < -0.3 is 9.64 Å². The molecule has 1 saturated heterocycles. The summed E-state index contributed by atoms with van der Waals surface area (Å²) in [6, 6.07) is 0. The van der Waals surface area contributed by atoms with Crippen molar-refractivity contribution in [3.05, 3.63) is 18.7 Å². The number of nitrogens with zero attached hydrogens (tertiary/aromatic N) is 5. The van der Waals surface area contributed by atoms with Crippen molar-refractivity contribution in [3.8, 4) is 0 Å². The van der Waals surface area contributed by atoms with Crippen LogP contribution in [0.5, 0.6) is 0 Å². The lowest BCUT2D eigenvalue weighted by Gasteiger charge is -2.26. The molecule has 0 atom stereocenters. The zero-order valence-corrected chi connectivity index (χ0v) is 8.20. The molecule has 0 unspecified atom stereocenters. The Hall–Kier alpha value is -1.69. The first-order valence-electron chi connectivity index (χ1n) is 4.92. The van der Waals surface area contributed by atoms with Gasteiger partial charge in [-0.25, -0.2) is 9.97 Å². The van der Waals surface area contributed by atoms with E-state index >= 15 is 0 Å². The second-order valence-electron chi connectivity index (χ2n) is 3.39. The van der Waals surface area contributed by atoms with E-state index in [0.717, 1.165) is 32.3 Å². The first-order chi connectivity index (χ1) is 7.43. The van der Waals surface area contributed by atoms with Gasteiger partial charge in [-0.15, -0.1) is 0 Å². The molecule has 2 aromatic heterocycles. The highest BCUT2D eigenvalue weighted by molar-refractivity contribution is 5.37. The Balaban J connectivity index is 1.95. The van der Waals surface area contributed by atoms with E-state index in [4.69, 9.17) is 4.74 Å². The predicted octanol–water partition coefficient (Wildman–Crippen LogP) is -0.0391. The van der Waals surface area contributed by atoms with Gasteiger partial charge in [0.15, 0.2) is 0 Å². The first-order valence-corrected chi connectivity index (χ1v) is 4.92. The van der Waals surface area contributed by atoms with E-state index in [-0.39, 0.29) is 0 Å². The highest BCUT2D eigenvalue weighted by atomic mass is 16.5. The minimum Gasteiger partial charge on any atom is -0.378 e. The zero-order chi connectivity index (χ0) is 10.1. The normalized spacial score (nSPS) is 17.2. The largest absolute Gasteiger partial charge is 0.378 e. The smallest absolute Gasteiger partial charge is 0.238 e. The van der Waals surface area contributed by atoms with Crippen LogP contribution in [0.1, 0.15) is 0 Å². The summed E-state index contributed by atoms with van der Waals surface area (Å²) in [5.74, 6) is 1.42. The molecule has 6 nitrogen and oxygen atoms in total. The molecule has 2 aromatic rings. The van der Waals surface area contributed by atoms with Crippen LogP contribution in [0.3, 0.4) is 0 Å². The van der Waals surface area contributed by atoms with E-state index in [2.05, 4.69) is 19.9 Å². The van der Waals surface area contributed by atoms with Crippen LogP contribution in [0.4, 0.5) is 5.95 Å². The maximum atomic E-state index is 5.28. The van der Waals surface area contributed by atoms with E-state index < -0.39 is 0 Å². The van der Waals surface area contributed by atoms with E-state index in [1.54, 1.807) is 16.9 Å². The fourth-order valence-electron chi connectivity index (χ4n) is 1.63. The first kappa shape index (κ1) is 8.60. The molecule has 0 radical (unpaired) electrons. The summed E-state index contributed by atoms with van der Waals surface area (Å²) in [5, 5.41) is 0. The molecule has 1 aliphatic heterocycles. The van der Waals surface area contributed by atoms with Gasteiger partial charge in [-0.3, -0.25) is 4.40 Å². The van der Waals surface area contributed by atoms with Crippen LogP contribution in [0.15, 0.2) is 18.7 Å². The highest BCUT2D eigenvalue weighted by Crippen LogP contribution is 2.09. The van der Waals surface area contributed by atoms with Crippen molar-refractivity contribution in [3.63, 3.8) is 0 Å². The molecular formula is C9H11N5O. The van der Waals surface area contributed by atoms with Crippen LogP contribution < -0.4 is 4.90 Å². The third-order valence-corrected chi connectivity index (χ3v) is 2.44. The highest BCUT2D eigenvalue weighted by Gasteiger charge is 2.14. The minimum atomic E-state index is 0.687. The Labute approximate surface area is 86.5 Å². The Morgan fingerprint density at radius 3 is 2.93 bits per heavy atom. The van der Waals surface area contributed by atoms with Crippen molar-refractivity contribution in [1.82, 2.24) is 19.4 Å². The molecule has 0 bridgehead atoms. The van der Waals surface area contributed by atoms with Crippen molar-refractivity contribution in [1.29, 1.82) is 0 Å².